The van der Waals surface area contributed by atoms with Gasteiger partial charge in [-0.05, 0) is 28.7 Å². The van der Waals surface area contributed by atoms with Gasteiger partial charge in [-0.15, -0.1) is 10.2 Å². The molecule has 4 heteroatoms. The summed E-state index contributed by atoms with van der Waals surface area (Å²) >= 11 is 7.93. The minimum absolute atomic E-state index is 0.449. The number of benzene rings is 1. The monoisotopic (exact) mass is 316 g/mol. The molecular weight excluding hydrogens is 310 g/mol. The van der Waals surface area contributed by atoms with Crippen molar-refractivity contribution < 1.29 is 0 Å². The van der Waals surface area contributed by atoms with E-state index in [4.69, 9.17) is 11.6 Å². The van der Waals surface area contributed by atoms with Gasteiger partial charge in [0.2, 0.25) is 0 Å². The van der Waals surface area contributed by atoms with Crippen molar-refractivity contribution >= 4 is 34.2 Å². The van der Waals surface area contributed by atoms with Gasteiger partial charge >= 0.3 is 0 Å². The third-order valence-electron chi connectivity index (χ3n) is 1.78. The molecule has 14 heavy (non-hydrogen) atoms. The van der Waals surface area contributed by atoms with E-state index in [0.29, 0.717) is 5.15 Å². The van der Waals surface area contributed by atoms with Gasteiger partial charge in [-0.1, -0.05) is 41.9 Å². The van der Waals surface area contributed by atoms with Crippen LogP contribution in [0.3, 0.4) is 0 Å². The van der Waals surface area contributed by atoms with E-state index in [1.165, 1.54) is 0 Å². The maximum atomic E-state index is 5.79. The molecule has 2 nitrogen and oxygen atoms in total. The lowest BCUT2D eigenvalue weighted by molar-refractivity contribution is 1.03. The second-order valence-electron chi connectivity index (χ2n) is 2.73. The van der Waals surface area contributed by atoms with Crippen molar-refractivity contribution in [3.05, 3.63) is 45.1 Å². The van der Waals surface area contributed by atoms with Crippen LogP contribution in [-0.2, 0) is 0 Å². The smallest absolute Gasteiger partial charge is 0.149 e. The first kappa shape index (κ1) is 9.86. The summed E-state index contributed by atoms with van der Waals surface area (Å²) in [4.78, 5) is 0. The van der Waals surface area contributed by atoms with Crippen LogP contribution in [0, 0.1) is 3.57 Å². The molecule has 0 aliphatic rings. The fraction of sp³-hybridized carbons (Fsp3) is 0. The Morgan fingerprint density at radius 3 is 2.43 bits per heavy atom. The molecule has 0 N–H and O–H groups in total. The quantitative estimate of drug-likeness (QED) is 0.754. The summed E-state index contributed by atoms with van der Waals surface area (Å²) < 4.78 is 0.915. The zero-order chi connectivity index (χ0) is 9.97. The normalized spacial score (nSPS) is 10.1. The summed E-state index contributed by atoms with van der Waals surface area (Å²) in [5.74, 6) is 0. The molecule has 2 aromatic rings. The third-order valence-corrected chi connectivity index (χ3v) is 3.20. The third kappa shape index (κ3) is 2.04. The van der Waals surface area contributed by atoms with Crippen LogP contribution in [-0.4, -0.2) is 10.2 Å². The molecule has 0 amide bonds. The maximum absolute atomic E-state index is 5.79. The van der Waals surface area contributed by atoms with Gasteiger partial charge in [-0.2, -0.15) is 0 Å². The molecule has 0 atom stereocenters. The van der Waals surface area contributed by atoms with Crippen molar-refractivity contribution in [2.75, 3.05) is 0 Å². The van der Waals surface area contributed by atoms with Gasteiger partial charge in [0.25, 0.3) is 0 Å². The predicted octanol–water partition coefficient (Wildman–Crippen LogP) is 3.40. The van der Waals surface area contributed by atoms with Crippen LogP contribution in [0.1, 0.15) is 0 Å². The summed E-state index contributed by atoms with van der Waals surface area (Å²) in [5, 5.41) is 8.33. The number of rotatable bonds is 1. The van der Waals surface area contributed by atoms with E-state index in [9.17, 15) is 0 Å². The van der Waals surface area contributed by atoms with Crippen LogP contribution in [0.4, 0.5) is 0 Å². The molecule has 2 rings (SSSR count). The lowest BCUT2D eigenvalue weighted by atomic mass is 10.1. The molecule has 0 aliphatic heterocycles. The second-order valence-corrected chi connectivity index (χ2v) is 4.25. The molecule has 1 aromatic carbocycles. The van der Waals surface area contributed by atoms with E-state index in [1.54, 1.807) is 0 Å². The first-order chi connectivity index (χ1) is 6.77. The Balaban J connectivity index is 2.48. The molecule has 0 bridgehead atoms. The van der Waals surface area contributed by atoms with Crippen LogP contribution >= 0.6 is 34.2 Å². The first-order valence-corrected chi connectivity index (χ1v) is 5.47. The number of halogens is 2. The van der Waals surface area contributed by atoms with Gasteiger partial charge in [0.05, 0.1) is 9.26 Å². The Bertz CT molecular complexity index is 445. The van der Waals surface area contributed by atoms with E-state index < -0.39 is 0 Å². The lowest BCUT2D eigenvalue weighted by Gasteiger charge is -2.00. The van der Waals surface area contributed by atoms with Crippen LogP contribution in [0.5, 0.6) is 0 Å². The van der Waals surface area contributed by atoms with Gasteiger partial charge < -0.3 is 0 Å². The average Bonchev–Trinajstić information content (AvgIpc) is 2.23. The highest BCUT2D eigenvalue weighted by molar-refractivity contribution is 14.1. The van der Waals surface area contributed by atoms with Gasteiger partial charge in [0, 0.05) is 5.56 Å². The number of hydrogen-bond acceptors (Lipinski definition) is 2. The van der Waals surface area contributed by atoms with E-state index in [2.05, 4.69) is 32.8 Å². The summed E-state index contributed by atoms with van der Waals surface area (Å²) in [5.41, 5.74) is 1.90. The molecule has 1 heterocycles. The number of aromatic nitrogens is 2. The highest BCUT2D eigenvalue weighted by atomic mass is 127. The minimum Gasteiger partial charge on any atom is -0.149 e. The fourth-order valence-electron chi connectivity index (χ4n) is 1.10. The van der Waals surface area contributed by atoms with Crippen LogP contribution in [0.25, 0.3) is 11.3 Å². The Kier molecular flexibility index (Phi) is 2.98. The molecule has 0 saturated carbocycles. The zero-order valence-corrected chi connectivity index (χ0v) is 10.0. The Hall–Kier alpha value is -0.680. The van der Waals surface area contributed by atoms with E-state index in [-0.39, 0.29) is 0 Å². The second kappa shape index (κ2) is 4.23. The summed E-state index contributed by atoms with van der Waals surface area (Å²) in [6.07, 6.45) is 0. The number of nitrogens with zero attached hydrogens (tertiary/aromatic N) is 2. The molecule has 0 aliphatic carbocycles. The maximum Gasteiger partial charge on any atom is 0.165 e. The SMILES string of the molecule is Clc1nnc(-c2ccccc2)cc1I. The molecule has 0 spiro atoms. The minimum atomic E-state index is 0.449. The highest BCUT2D eigenvalue weighted by Crippen LogP contribution is 2.21. The average molecular weight is 317 g/mol. The largest absolute Gasteiger partial charge is 0.165 e. The Morgan fingerprint density at radius 1 is 1.07 bits per heavy atom. The van der Waals surface area contributed by atoms with E-state index in [0.717, 1.165) is 14.8 Å². The molecular formula is C10H6ClIN2. The van der Waals surface area contributed by atoms with Crippen molar-refractivity contribution in [2.45, 2.75) is 0 Å². The van der Waals surface area contributed by atoms with Crippen molar-refractivity contribution in [1.82, 2.24) is 10.2 Å². The van der Waals surface area contributed by atoms with Gasteiger partial charge in [0.15, 0.2) is 5.15 Å². The van der Waals surface area contributed by atoms with E-state index >= 15 is 0 Å². The lowest BCUT2D eigenvalue weighted by Crippen LogP contribution is -1.90. The van der Waals surface area contributed by atoms with Crippen LogP contribution in [0.2, 0.25) is 5.15 Å². The topological polar surface area (TPSA) is 25.8 Å². The molecule has 0 radical (unpaired) electrons. The predicted molar refractivity (Wildman–Crippen MR) is 65.2 cm³/mol. The summed E-state index contributed by atoms with van der Waals surface area (Å²) in [7, 11) is 0. The molecule has 1 aromatic heterocycles. The standard InChI is InChI=1S/C10H6ClIN2/c11-10-8(12)6-9(13-14-10)7-4-2-1-3-5-7/h1-6H. The number of hydrogen-bond donors (Lipinski definition) is 0. The van der Waals surface area contributed by atoms with Gasteiger partial charge in [-0.25, -0.2) is 0 Å². The Labute approximate surface area is 100 Å². The summed E-state index contributed by atoms with van der Waals surface area (Å²) in [6.45, 7) is 0. The van der Waals surface area contributed by atoms with Crippen molar-refractivity contribution in [2.24, 2.45) is 0 Å². The molecule has 0 fully saturated rings. The summed E-state index contributed by atoms with van der Waals surface area (Å²) in [6, 6.07) is 11.8. The van der Waals surface area contributed by atoms with Crippen molar-refractivity contribution in [3.63, 3.8) is 0 Å². The highest BCUT2D eigenvalue weighted by Gasteiger charge is 2.03. The molecule has 0 saturated heterocycles. The molecule has 70 valence electrons. The molecule has 0 unspecified atom stereocenters. The zero-order valence-electron chi connectivity index (χ0n) is 7.11. The van der Waals surface area contributed by atoms with Gasteiger partial charge in [0.1, 0.15) is 0 Å². The van der Waals surface area contributed by atoms with Crippen molar-refractivity contribution in [1.29, 1.82) is 0 Å². The fourth-order valence-corrected chi connectivity index (χ4v) is 1.60. The first-order valence-electron chi connectivity index (χ1n) is 4.01. The van der Waals surface area contributed by atoms with Gasteiger partial charge in [-0.3, -0.25) is 0 Å². The Morgan fingerprint density at radius 2 is 1.79 bits per heavy atom. The van der Waals surface area contributed by atoms with Crippen LogP contribution < -0.4 is 0 Å². The van der Waals surface area contributed by atoms with Crippen molar-refractivity contribution in [3.8, 4) is 11.3 Å². The van der Waals surface area contributed by atoms with Crippen LogP contribution in [0.15, 0.2) is 36.4 Å². The van der Waals surface area contributed by atoms with E-state index in [1.807, 2.05) is 36.4 Å².